The number of anilines is 1. The van der Waals surface area contributed by atoms with Gasteiger partial charge in [0.2, 0.25) is 5.88 Å². The number of aromatic nitrogens is 1. The molecule has 2 aromatic rings. The normalized spacial score (nSPS) is 16.3. The maximum atomic E-state index is 12.2. The van der Waals surface area contributed by atoms with Gasteiger partial charge in [0.25, 0.3) is 0 Å². The summed E-state index contributed by atoms with van der Waals surface area (Å²) >= 11 is 0. The fourth-order valence-electron chi connectivity index (χ4n) is 3.41. The van der Waals surface area contributed by atoms with E-state index in [0.717, 1.165) is 28.1 Å². The molecule has 0 saturated heterocycles. The molecule has 1 aliphatic rings. The van der Waals surface area contributed by atoms with Crippen LogP contribution in [-0.2, 0) is 4.79 Å². The van der Waals surface area contributed by atoms with Crippen molar-refractivity contribution in [3.8, 4) is 5.88 Å². The summed E-state index contributed by atoms with van der Waals surface area (Å²) in [6.45, 7) is 7.81. The summed E-state index contributed by atoms with van der Waals surface area (Å²) in [6.07, 6.45) is 2.31. The molecular weight excluding hydrogens is 328 g/mol. The van der Waals surface area contributed by atoms with Gasteiger partial charge < -0.3 is 15.2 Å². The van der Waals surface area contributed by atoms with E-state index in [1.807, 2.05) is 58.0 Å². The summed E-state index contributed by atoms with van der Waals surface area (Å²) in [6, 6.07) is 9.69. The third-order valence-electron chi connectivity index (χ3n) is 4.51. The van der Waals surface area contributed by atoms with E-state index in [1.54, 1.807) is 6.20 Å². The average Bonchev–Trinajstić information content (AvgIpc) is 2.62. The Morgan fingerprint density at radius 2 is 2.00 bits per heavy atom. The highest BCUT2D eigenvalue weighted by molar-refractivity contribution is 5.94. The molecule has 0 fully saturated rings. The molecule has 2 N–H and O–H groups in total. The Morgan fingerprint density at radius 1 is 1.31 bits per heavy atom. The quantitative estimate of drug-likeness (QED) is 0.830. The molecular formula is C21H24N2O3. The minimum absolute atomic E-state index is 0.0597. The van der Waals surface area contributed by atoms with E-state index in [0.29, 0.717) is 17.9 Å². The molecule has 0 amide bonds. The van der Waals surface area contributed by atoms with Crippen LogP contribution in [0.2, 0.25) is 0 Å². The zero-order chi connectivity index (χ0) is 18.8. The molecule has 5 heteroatoms. The van der Waals surface area contributed by atoms with Gasteiger partial charge in [0.15, 0.2) is 0 Å². The van der Waals surface area contributed by atoms with Crippen LogP contribution in [0, 0.1) is 6.92 Å². The lowest BCUT2D eigenvalue weighted by Crippen LogP contribution is -2.26. The lowest BCUT2D eigenvalue weighted by atomic mass is 9.80. The van der Waals surface area contributed by atoms with Gasteiger partial charge in [0, 0.05) is 11.9 Å². The predicted molar refractivity (Wildman–Crippen MR) is 102 cm³/mol. The van der Waals surface area contributed by atoms with Gasteiger partial charge in [-0.05, 0) is 38.3 Å². The fraction of sp³-hybridized carbons (Fsp3) is 0.333. The zero-order valence-corrected chi connectivity index (χ0v) is 15.5. The van der Waals surface area contributed by atoms with Crippen molar-refractivity contribution in [2.24, 2.45) is 0 Å². The van der Waals surface area contributed by atoms with Crippen molar-refractivity contribution in [1.29, 1.82) is 0 Å². The molecule has 0 saturated carbocycles. The highest BCUT2D eigenvalue weighted by Gasteiger charge is 2.36. The Hall–Kier alpha value is -2.82. The van der Waals surface area contributed by atoms with Crippen LogP contribution in [-0.4, -0.2) is 22.2 Å². The Morgan fingerprint density at radius 3 is 2.58 bits per heavy atom. The van der Waals surface area contributed by atoms with E-state index in [1.165, 1.54) is 0 Å². The van der Waals surface area contributed by atoms with E-state index in [9.17, 15) is 9.90 Å². The predicted octanol–water partition coefficient (Wildman–Crippen LogP) is 4.48. The smallest absolute Gasteiger partial charge is 0.334 e. The Labute approximate surface area is 153 Å². The third kappa shape index (κ3) is 3.17. The second-order valence-corrected chi connectivity index (χ2v) is 6.72. The van der Waals surface area contributed by atoms with Gasteiger partial charge >= 0.3 is 5.97 Å². The topological polar surface area (TPSA) is 71.5 Å². The molecule has 0 bridgehead atoms. The summed E-state index contributed by atoms with van der Waals surface area (Å²) in [7, 11) is 0. The van der Waals surface area contributed by atoms with Crippen LogP contribution in [0.4, 0.5) is 5.69 Å². The van der Waals surface area contributed by atoms with E-state index >= 15 is 0 Å². The molecule has 0 spiro atoms. The summed E-state index contributed by atoms with van der Waals surface area (Å²) in [5.74, 6) is -0.872. The van der Waals surface area contributed by atoms with Crippen LogP contribution < -0.4 is 10.1 Å². The Bertz CT molecular complexity index is 857. The van der Waals surface area contributed by atoms with Gasteiger partial charge in [0.1, 0.15) is 0 Å². The highest BCUT2D eigenvalue weighted by Crippen LogP contribution is 2.47. The van der Waals surface area contributed by atoms with Crippen LogP contribution >= 0.6 is 0 Å². The monoisotopic (exact) mass is 352 g/mol. The summed E-state index contributed by atoms with van der Waals surface area (Å²) in [4.78, 5) is 16.7. The zero-order valence-electron chi connectivity index (χ0n) is 15.5. The summed E-state index contributed by atoms with van der Waals surface area (Å²) in [5, 5.41) is 13.3. The first-order chi connectivity index (χ1) is 12.4. The number of hydrogen-bond acceptors (Lipinski definition) is 4. The van der Waals surface area contributed by atoms with Gasteiger partial charge in [-0.1, -0.05) is 37.3 Å². The number of carboxylic acid groups (broad SMARTS) is 1. The van der Waals surface area contributed by atoms with Crippen molar-refractivity contribution in [3.63, 3.8) is 0 Å². The molecule has 1 aromatic heterocycles. The number of aliphatic carboxylic acids is 1. The number of rotatable bonds is 5. The molecule has 5 nitrogen and oxygen atoms in total. The number of aryl methyl sites for hydroxylation is 1. The van der Waals surface area contributed by atoms with Crippen molar-refractivity contribution in [3.05, 3.63) is 64.5 Å². The van der Waals surface area contributed by atoms with Crippen molar-refractivity contribution < 1.29 is 14.6 Å². The van der Waals surface area contributed by atoms with Gasteiger partial charge in [-0.2, -0.15) is 0 Å². The van der Waals surface area contributed by atoms with E-state index in [2.05, 4.69) is 10.3 Å². The van der Waals surface area contributed by atoms with Crippen LogP contribution in [0.3, 0.4) is 0 Å². The lowest BCUT2D eigenvalue weighted by Gasteiger charge is -2.32. The number of fused-ring (bicyclic) bond motifs is 1. The number of ether oxygens (including phenoxy) is 1. The number of benzene rings is 1. The fourth-order valence-corrected chi connectivity index (χ4v) is 3.41. The molecule has 0 radical (unpaired) electrons. The average molecular weight is 352 g/mol. The van der Waals surface area contributed by atoms with Crippen LogP contribution in [0.1, 0.15) is 49.8 Å². The summed E-state index contributed by atoms with van der Waals surface area (Å²) in [5.41, 5.74) is 4.65. The molecule has 136 valence electrons. The minimum Gasteiger partial charge on any atom is -0.478 e. The third-order valence-corrected chi connectivity index (χ3v) is 4.51. The van der Waals surface area contributed by atoms with Crippen molar-refractivity contribution in [1.82, 2.24) is 4.98 Å². The van der Waals surface area contributed by atoms with Gasteiger partial charge in [-0.25, -0.2) is 9.78 Å². The molecule has 1 aliphatic heterocycles. The Kier molecular flexibility index (Phi) is 4.98. The number of carbonyl (C=O) groups is 1. The Balaban J connectivity index is 2.32. The van der Waals surface area contributed by atoms with E-state index < -0.39 is 11.9 Å². The van der Waals surface area contributed by atoms with Crippen molar-refractivity contribution in [2.45, 2.75) is 46.1 Å². The second-order valence-electron chi connectivity index (χ2n) is 6.72. The van der Waals surface area contributed by atoms with Gasteiger partial charge in [0.05, 0.1) is 28.8 Å². The minimum atomic E-state index is -0.925. The first-order valence-electron chi connectivity index (χ1n) is 8.88. The van der Waals surface area contributed by atoms with Crippen LogP contribution in [0.15, 0.2) is 47.8 Å². The lowest BCUT2D eigenvalue weighted by molar-refractivity contribution is -0.133. The van der Waals surface area contributed by atoms with Gasteiger partial charge in [-0.3, -0.25) is 0 Å². The molecule has 1 aromatic carbocycles. The molecule has 2 heterocycles. The molecule has 26 heavy (non-hydrogen) atoms. The largest absolute Gasteiger partial charge is 0.478 e. The molecule has 0 aliphatic carbocycles. The molecule has 3 rings (SSSR count). The second kappa shape index (κ2) is 7.20. The number of carboxylic acids is 1. The first-order valence-corrected chi connectivity index (χ1v) is 8.88. The number of allylic oxidation sites excluding steroid dienone is 1. The maximum absolute atomic E-state index is 12.2. The first kappa shape index (κ1) is 18.0. The van der Waals surface area contributed by atoms with E-state index in [4.69, 9.17) is 4.74 Å². The molecule has 1 atom stereocenters. The number of hydrogen-bond donors (Lipinski definition) is 2. The number of nitrogens with zero attached hydrogens (tertiary/aromatic N) is 1. The SMILES string of the molecule is CCC1=C(C(=O)O)C(c2ccccc2)c2c(OC(C)C)ncc(C)c2N1. The number of pyridine rings is 1. The van der Waals surface area contributed by atoms with Crippen molar-refractivity contribution in [2.75, 3.05) is 5.32 Å². The summed E-state index contributed by atoms with van der Waals surface area (Å²) < 4.78 is 5.95. The maximum Gasteiger partial charge on any atom is 0.334 e. The van der Waals surface area contributed by atoms with Gasteiger partial charge in [-0.15, -0.1) is 0 Å². The van der Waals surface area contributed by atoms with Crippen molar-refractivity contribution >= 4 is 11.7 Å². The standard InChI is InChI=1S/C21H24N2O3/c1-5-15-17(21(24)25)16(14-9-7-6-8-10-14)18-19(23-15)13(4)11-22-20(18)26-12(2)3/h6-12,16,23H,5H2,1-4H3,(H,24,25). The van der Waals surface area contributed by atoms with Crippen LogP contribution in [0.5, 0.6) is 5.88 Å². The highest BCUT2D eigenvalue weighted by atomic mass is 16.5. The van der Waals surface area contributed by atoms with Crippen LogP contribution in [0.25, 0.3) is 0 Å². The van der Waals surface area contributed by atoms with E-state index in [-0.39, 0.29) is 6.10 Å². The molecule has 1 unspecified atom stereocenters. The number of nitrogens with one attached hydrogen (secondary N) is 1.